The van der Waals surface area contributed by atoms with E-state index in [0.717, 1.165) is 22.2 Å². The molecule has 0 radical (unpaired) electrons. The molecule has 0 saturated heterocycles. The third-order valence-electron chi connectivity index (χ3n) is 3.53. The summed E-state index contributed by atoms with van der Waals surface area (Å²) < 4.78 is 0. The molecule has 5 N–H and O–H groups in total. The van der Waals surface area contributed by atoms with Gasteiger partial charge in [-0.15, -0.1) is 0 Å². The Kier molecular flexibility index (Phi) is 3.07. The van der Waals surface area contributed by atoms with Gasteiger partial charge >= 0.3 is 0 Å². The van der Waals surface area contributed by atoms with E-state index in [-0.39, 0.29) is 6.04 Å². The number of H-pyrrole nitrogens is 1. The zero-order chi connectivity index (χ0) is 13.2. The molecule has 0 aliphatic heterocycles. The summed E-state index contributed by atoms with van der Waals surface area (Å²) in [4.78, 5) is 3.26. The van der Waals surface area contributed by atoms with Gasteiger partial charge in [-0.2, -0.15) is 0 Å². The van der Waals surface area contributed by atoms with E-state index >= 15 is 0 Å². The van der Waals surface area contributed by atoms with Gasteiger partial charge in [-0.3, -0.25) is 0 Å². The molecule has 0 spiro atoms. The van der Waals surface area contributed by atoms with Crippen LogP contribution >= 0.6 is 0 Å². The second kappa shape index (κ2) is 4.88. The average molecular weight is 251 g/mol. The molecule has 3 aromatic rings. The van der Waals surface area contributed by atoms with Crippen molar-refractivity contribution in [1.29, 1.82) is 0 Å². The molecule has 3 heteroatoms. The number of nitrogens with one attached hydrogen (secondary N) is 1. The van der Waals surface area contributed by atoms with E-state index in [9.17, 15) is 0 Å². The van der Waals surface area contributed by atoms with Gasteiger partial charge in [-0.1, -0.05) is 42.5 Å². The molecule has 2 aromatic carbocycles. The SMILES string of the molecule is NCc1ccc(C(N)c2c[nH]c3ccccc23)cc1. The lowest BCUT2D eigenvalue weighted by Crippen LogP contribution is -2.11. The van der Waals surface area contributed by atoms with Crippen molar-refractivity contribution in [3.63, 3.8) is 0 Å². The summed E-state index contributed by atoms with van der Waals surface area (Å²) in [6.07, 6.45) is 1.99. The molecule has 0 amide bonds. The highest BCUT2D eigenvalue weighted by Crippen LogP contribution is 2.27. The van der Waals surface area contributed by atoms with Gasteiger partial charge in [-0.25, -0.2) is 0 Å². The van der Waals surface area contributed by atoms with E-state index in [1.165, 1.54) is 5.39 Å². The highest BCUT2D eigenvalue weighted by Gasteiger charge is 2.13. The third-order valence-corrected chi connectivity index (χ3v) is 3.53. The molecule has 0 fully saturated rings. The van der Waals surface area contributed by atoms with E-state index < -0.39 is 0 Å². The molecule has 0 aliphatic rings. The lowest BCUT2D eigenvalue weighted by atomic mass is 9.98. The monoisotopic (exact) mass is 251 g/mol. The molecule has 1 aromatic heterocycles. The first-order valence-electron chi connectivity index (χ1n) is 6.40. The number of para-hydroxylation sites is 1. The first kappa shape index (κ1) is 12.0. The average Bonchev–Trinajstić information content (AvgIpc) is 2.90. The van der Waals surface area contributed by atoms with Crippen molar-refractivity contribution in [1.82, 2.24) is 4.98 Å². The van der Waals surface area contributed by atoms with Crippen molar-refractivity contribution < 1.29 is 0 Å². The van der Waals surface area contributed by atoms with Gasteiger partial charge in [0.25, 0.3) is 0 Å². The van der Waals surface area contributed by atoms with Gasteiger partial charge in [0.1, 0.15) is 0 Å². The Morgan fingerprint density at radius 1 is 1.00 bits per heavy atom. The topological polar surface area (TPSA) is 67.8 Å². The van der Waals surface area contributed by atoms with E-state index in [1.54, 1.807) is 0 Å². The molecule has 1 atom stereocenters. The highest BCUT2D eigenvalue weighted by molar-refractivity contribution is 5.84. The van der Waals surface area contributed by atoms with Crippen LogP contribution in [0, 0.1) is 0 Å². The van der Waals surface area contributed by atoms with Gasteiger partial charge in [0.15, 0.2) is 0 Å². The minimum atomic E-state index is -0.122. The van der Waals surface area contributed by atoms with Crippen molar-refractivity contribution in [2.75, 3.05) is 0 Å². The Morgan fingerprint density at radius 2 is 1.74 bits per heavy atom. The van der Waals surface area contributed by atoms with E-state index in [4.69, 9.17) is 11.5 Å². The number of hydrogen-bond donors (Lipinski definition) is 3. The fraction of sp³-hybridized carbons (Fsp3) is 0.125. The molecule has 1 unspecified atom stereocenters. The summed E-state index contributed by atoms with van der Waals surface area (Å²) in [6.45, 7) is 0.558. The summed E-state index contributed by atoms with van der Waals surface area (Å²) in [5, 5.41) is 1.18. The maximum absolute atomic E-state index is 6.37. The maximum atomic E-state index is 6.37. The number of rotatable bonds is 3. The first-order valence-corrected chi connectivity index (χ1v) is 6.40. The minimum absolute atomic E-state index is 0.122. The summed E-state index contributed by atoms with van der Waals surface area (Å²) >= 11 is 0. The third kappa shape index (κ3) is 2.14. The predicted molar refractivity (Wildman–Crippen MR) is 78.7 cm³/mol. The van der Waals surface area contributed by atoms with Crippen LogP contribution in [0.4, 0.5) is 0 Å². The smallest absolute Gasteiger partial charge is 0.0572 e. The lowest BCUT2D eigenvalue weighted by Gasteiger charge is -2.12. The number of aromatic nitrogens is 1. The second-order valence-corrected chi connectivity index (χ2v) is 4.71. The van der Waals surface area contributed by atoms with Gasteiger partial charge < -0.3 is 16.5 Å². The van der Waals surface area contributed by atoms with Crippen LogP contribution in [0.25, 0.3) is 10.9 Å². The molecule has 0 saturated carbocycles. The Labute approximate surface area is 112 Å². The standard InChI is InChI=1S/C16H17N3/c17-9-11-5-7-12(8-6-11)16(18)14-10-19-15-4-2-1-3-13(14)15/h1-8,10,16,19H,9,17-18H2. The molecule has 1 heterocycles. The van der Waals surface area contributed by atoms with Gasteiger partial charge in [0, 0.05) is 23.6 Å². The van der Waals surface area contributed by atoms with Crippen LogP contribution in [0.3, 0.4) is 0 Å². The molecule has 19 heavy (non-hydrogen) atoms. The quantitative estimate of drug-likeness (QED) is 0.670. The Bertz CT molecular complexity index is 683. The van der Waals surface area contributed by atoms with Crippen molar-refractivity contribution >= 4 is 10.9 Å². The zero-order valence-corrected chi connectivity index (χ0v) is 10.6. The van der Waals surface area contributed by atoms with Crippen LogP contribution < -0.4 is 11.5 Å². The number of hydrogen-bond acceptors (Lipinski definition) is 2. The number of aromatic amines is 1. The number of fused-ring (bicyclic) bond motifs is 1. The maximum Gasteiger partial charge on any atom is 0.0572 e. The summed E-state index contributed by atoms with van der Waals surface area (Å²) in [7, 11) is 0. The lowest BCUT2D eigenvalue weighted by molar-refractivity contribution is 0.877. The Balaban J connectivity index is 2.00. The summed E-state index contributed by atoms with van der Waals surface area (Å²) in [6, 6.07) is 16.2. The largest absolute Gasteiger partial charge is 0.361 e. The second-order valence-electron chi connectivity index (χ2n) is 4.71. The van der Waals surface area contributed by atoms with E-state index in [2.05, 4.69) is 29.2 Å². The fourth-order valence-electron chi connectivity index (χ4n) is 2.39. The Hall–Kier alpha value is -2.10. The van der Waals surface area contributed by atoms with Crippen LogP contribution in [-0.2, 0) is 6.54 Å². The van der Waals surface area contributed by atoms with Crippen LogP contribution in [0.2, 0.25) is 0 Å². The molecule has 3 nitrogen and oxygen atoms in total. The summed E-state index contributed by atoms with van der Waals surface area (Å²) in [5.74, 6) is 0. The van der Waals surface area contributed by atoms with Crippen molar-refractivity contribution in [3.05, 3.63) is 71.4 Å². The highest BCUT2D eigenvalue weighted by atomic mass is 14.7. The minimum Gasteiger partial charge on any atom is -0.361 e. The van der Waals surface area contributed by atoms with Gasteiger partial charge in [0.05, 0.1) is 6.04 Å². The van der Waals surface area contributed by atoms with Crippen molar-refractivity contribution in [3.8, 4) is 0 Å². The van der Waals surface area contributed by atoms with E-state index in [1.807, 2.05) is 30.5 Å². The molecule has 0 aliphatic carbocycles. The number of nitrogens with two attached hydrogens (primary N) is 2. The molecular formula is C16H17N3. The van der Waals surface area contributed by atoms with Crippen LogP contribution in [0.15, 0.2) is 54.7 Å². The van der Waals surface area contributed by atoms with Crippen LogP contribution in [0.1, 0.15) is 22.7 Å². The fourth-order valence-corrected chi connectivity index (χ4v) is 2.39. The predicted octanol–water partition coefficient (Wildman–Crippen LogP) is 2.67. The molecule has 0 bridgehead atoms. The van der Waals surface area contributed by atoms with Gasteiger partial charge in [0.2, 0.25) is 0 Å². The zero-order valence-electron chi connectivity index (χ0n) is 10.6. The summed E-state index contributed by atoms with van der Waals surface area (Å²) in [5.41, 5.74) is 16.4. The van der Waals surface area contributed by atoms with Crippen molar-refractivity contribution in [2.45, 2.75) is 12.6 Å². The molecule has 3 rings (SSSR count). The number of benzene rings is 2. The van der Waals surface area contributed by atoms with E-state index in [0.29, 0.717) is 6.54 Å². The van der Waals surface area contributed by atoms with Crippen LogP contribution in [-0.4, -0.2) is 4.98 Å². The molecular weight excluding hydrogens is 234 g/mol. The van der Waals surface area contributed by atoms with Crippen molar-refractivity contribution in [2.24, 2.45) is 11.5 Å². The Morgan fingerprint density at radius 3 is 2.47 bits per heavy atom. The van der Waals surface area contributed by atoms with Gasteiger partial charge in [-0.05, 0) is 22.8 Å². The van der Waals surface area contributed by atoms with Crippen LogP contribution in [0.5, 0.6) is 0 Å². The first-order chi connectivity index (χ1) is 9.29. The normalized spacial score (nSPS) is 12.7. The molecule has 96 valence electrons.